The Morgan fingerprint density at radius 3 is 2.65 bits per heavy atom. The molecule has 98 valence electrons. The number of aliphatic hydroxyl groups is 1. The Balaban J connectivity index is 2.75. The molecule has 4 heteroatoms. The van der Waals surface area contributed by atoms with E-state index in [1.54, 1.807) is 0 Å². The highest BCUT2D eigenvalue weighted by Crippen LogP contribution is 2.18. The van der Waals surface area contributed by atoms with Crippen LogP contribution in [0.1, 0.15) is 51.3 Å². The zero-order valence-electron chi connectivity index (χ0n) is 11.6. The fourth-order valence-corrected chi connectivity index (χ4v) is 1.78. The first kappa shape index (κ1) is 14.2. The molecule has 0 bridgehead atoms. The Labute approximate surface area is 104 Å². The van der Waals surface area contributed by atoms with Gasteiger partial charge in [0.2, 0.25) is 0 Å². The summed E-state index contributed by atoms with van der Waals surface area (Å²) >= 11 is 0. The molecule has 0 aliphatic heterocycles. The molecule has 1 rings (SSSR count). The molecule has 1 aromatic rings. The third-order valence-electron chi connectivity index (χ3n) is 3.32. The quantitative estimate of drug-likeness (QED) is 0.796. The number of aromatic nitrogens is 2. The molecule has 0 aromatic carbocycles. The second kappa shape index (κ2) is 5.65. The highest BCUT2D eigenvalue weighted by molar-refractivity contribution is 5.20. The highest BCUT2D eigenvalue weighted by atomic mass is 16.3. The number of hydrogen-bond acceptors (Lipinski definition) is 3. The van der Waals surface area contributed by atoms with E-state index >= 15 is 0 Å². The molecule has 0 saturated carbocycles. The van der Waals surface area contributed by atoms with Crippen molar-refractivity contribution >= 4 is 0 Å². The van der Waals surface area contributed by atoms with E-state index in [2.05, 4.69) is 37.4 Å². The van der Waals surface area contributed by atoms with Gasteiger partial charge in [-0.1, -0.05) is 20.8 Å². The topological polar surface area (TPSA) is 50.1 Å². The van der Waals surface area contributed by atoms with Gasteiger partial charge in [0, 0.05) is 30.9 Å². The molecule has 0 fully saturated rings. The first-order valence-electron chi connectivity index (χ1n) is 6.30. The van der Waals surface area contributed by atoms with E-state index in [4.69, 9.17) is 0 Å². The van der Waals surface area contributed by atoms with Crippen LogP contribution in [0.15, 0.2) is 6.20 Å². The number of rotatable bonds is 6. The Morgan fingerprint density at radius 2 is 2.18 bits per heavy atom. The lowest BCUT2D eigenvalue weighted by molar-refractivity contribution is 0.169. The van der Waals surface area contributed by atoms with Gasteiger partial charge >= 0.3 is 0 Å². The predicted molar refractivity (Wildman–Crippen MR) is 69.9 cm³/mol. The molecule has 0 aliphatic rings. The number of aryl methyl sites for hydroxylation is 1. The lowest BCUT2D eigenvalue weighted by atomic mass is 9.99. The van der Waals surface area contributed by atoms with Crippen molar-refractivity contribution in [2.24, 2.45) is 7.05 Å². The largest absolute Gasteiger partial charge is 0.394 e. The number of aliphatic hydroxyl groups excluding tert-OH is 1. The summed E-state index contributed by atoms with van der Waals surface area (Å²) in [6, 6.07) is 0. The van der Waals surface area contributed by atoms with Gasteiger partial charge in [-0.25, -0.2) is 0 Å². The maximum atomic E-state index is 9.36. The van der Waals surface area contributed by atoms with Gasteiger partial charge in [-0.2, -0.15) is 5.10 Å². The van der Waals surface area contributed by atoms with Crippen molar-refractivity contribution < 1.29 is 5.11 Å². The van der Waals surface area contributed by atoms with Gasteiger partial charge in [-0.05, 0) is 19.3 Å². The molecule has 17 heavy (non-hydrogen) atoms. The molecule has 1 heterocycles. The van der Waals surface area contributed by atoms with Gasteiger partial charge in [0.05, 0.1) is 12.3 Å². The van der Waals surface area contributed by atoms with Crippen molar-refractivity contribution in [1.29, 1.82) is 0 Å². The third kappa shape index (κ3) is 3.54. The summed E-state index contributed by atoms with van der Waals surface area (Å²) in [7, 11) is 1.94. The van der Waals surface area contributed by atoms with E-state index in [0.29, 0.717) is 5.92 Å². The van der Waals surface area contributed by atoms with Crippen LogP contribution in [0.3, 0.4) is 0 Å². The van der Waals surface area contributed by atoms with Crippen molar-refractivity contribution in [3.05, 3.63) is 17.5 Å². The molecule has 0 amide bonds. The third-order valence-corrected chi connectivity index (χ3v) is 3.32. The lowest BCUT2D eigenvalue weighted by Crippen LogP contribution is -2.44. The Kier molecular flexibility index (Phi) is 4.71. The summed E-state index contributed by atoms with van der Waals surface area (Å²) in [5, 5.41) is 17.3. The molecular weight excluding hydrogens is 214 g/mol. The van der Waals surface area contributed by atoms with Gasteiger partial charge in [-0.3, -0.25) is 4.68 Å². The molecule has 0 spiro atoms. The van der Waals surface area contributed by atoms with Crippen molar-refractivity contribution in [3.8, 4) is 0 Å². The second-order valence-corrected chi connectivity index (χ2v) is 5.29. The van der Waals surface area contributed by atoms with Crippen LogP contribution in [0.4, 0.5) is 0 Å². The zero-order chi connectivity index (χ0) is 13.1. The molecule has 1 aromatic heterocycles. The molecule has 4 nitrogen and oxygen atoms in total. The van der Waals surface area contributed by atoms with Crippen LogP contribution < -0.4 is 5.32 Å². The molecule has 0 aliphatic carbocycles. The van der Waals surface area contributed by atoms with Crippen molar-refractivity contribution in [1.82, 2.24) is 15.1 Å². The molecule has 0 saturated heterocycles. The van der Waals surface area contributed by atoms with Crippen LogP contribution in [-0.4, -0.2) is 27.0 Å². The monoisotopic (exact) mass is 239 g/mol. The summed E-state index contributed by atoms with van der Waals surface area (Å²) < 4.78 is 1.86. The smallest absolute Gasteiger partial charge is 0.0694 e. The van der Waals surface area contributed by atoms with Crippen molar-refractivity contribution in [2.75, 3.05) is 6.61 Å². The van der Waals surface area contributed by atoms with E-state index in [1.165, 1.54) is 5.56 Å². The Hall–Kier alpha value is -0.870. The lowest BCUT2D eigenvalue weighted by Gasteiger charge is -2.27. The van der Waals surface area contributed by atoms with Gasteiger partial charge in [0.25, 0.3) is 0 Å². The summed E-state index contributed by atoms with van der Waals surface area (Å²) in [5.41, 5.74) is 2.15. The Morgan fingerprint density at radius 1 is 1.53 bits per heavy atom. The molecule has 1 atom stereocenters. The van der Waals surface area contributed by atoms with Crippen molar-refractivity contribution in [3.63, 3.8) is 0 Å². The van der Waals surface area contributed by atoms with E-state index in [0.717, 1.165) is 18.7 Å². The van der Waals surface area contributed by atoms with Crippen LogP contribution in [0.2, 0.25) is 0 Å². The van der Waals surface area contributed by atoms with Gasteiger partial charge in [-0.15, -0.1) is 0 Å². The maximum Gasteiger partial charge on any atom is 0.0694 e. The minimum absolute atomic E-state index is 0.154. The van der Waals surface area contributed by atoms with Crippen LogP contribution in [0.25, 0.3) is 0 Å². The fourth-order valence-electron chi connectivity index (χ4n) is 1.78. The van der Waals surface area contributed by atoms with Crippen LogP contribution in [-0.2, 0) is 13.6 Å². The number of nitrogens with one attached hydrogen (secondary N) is 1. The van der Waals surface area contributed by atoms with Crippen LogP contribution >= 0.6 is 0 Å². The zero-order valence-corrected chi connectivity index (χ0v) is 11.6. The van der Waals surface area contributed by atoms with Gasteiger partial charge in [0.15, 0.2) is 0 Å². The number of nitrogens with zero attached hydrogens (tertiary/aromatic N) is 2. The standard InChI is InChI=1S/C13H25N3O/c1-6-13(4,9-17)14-7-11-8-16(5)15-12(11)10(2)3/h8,10,14,17H,6-7,9H2,1-5H3. The maximum absolute atomic E-state index is 9.36. The SMILES string of the molecule is CCC(C)(CO)NCc1cn(C)nc1C(C)C. The molecule has 0 radical (unpaired) electrons. The van der Waals surface area contributed by atoms with Gasteiger partial charge in [0.1, 0.15) is 0 Å². The van der Waals surface area contributed by atoms with E-state index in [-0.39, 0.29) is 12.1 Å². The highest BCUT2D eigenvalue weighted by Gasteiger charge is 2.21. The minimum atomic E-state index is -0.204. The van der Waals surface area contributed by atoms with E-state index < -0.39 is 0 Å². The summed E-state index contributed by atoms with van der Waals surface area (Å²) in [4.78, 5) is 0. The average molecular weight is 239 g/mol. The minimum Gasteiger partial charge on any atom is -0.394 e. The molecule has 2 N–H and O–H groups in total. The Bertz CT molecular complexity index is 354. The van der Waals surface area contributed by atoms with Crippen LogP contribution in [0.5, 0.6) is 0 Å². The van der Waals surface area contributed by atoms with Crippen LogP contribution in [0, 0.1) is 0 Å². The van der Waals surface area contributed by atoms with Crippen molar-refractivity contribution in [2.45, 2.75) is 52.1 Å². The molecule has 1 unspecified atom stereocenters. The summed E-state index contributed by atoms with van der Waals surface area (Å²) in [6.07, 6.45) is 2.95. The first-order valence-corrected chi connectivity index (χ1v) is 6.30. The predicted octanol–water partition coefficient (Wildman–Crippen LogP) is 1.79. The van der Waals surface area contributed by atoms with E-state index in [1.807, 2.05) is 18.7 Å². The second-order valence-electron chi connectivity index (χ2n) is 5.29. The number of hydrogen-bond donors (Lipinski definition) is 2. The normalized spacial score (nSPS) is 15.2. The summed E-state index contributed by atoms with van der Waals surface area (Å²) in [6.45, 7) is 9.33. The van der Waals surface area contributed by atoms with Gasteiger partial charge < -0.3 is 10.4 Å². The average Bonchev–Trinajstić information content (AvgIpc) is 2.68. The van der Waals surface area contributed by atoms with E-state index in [9.17, 15) is 5.11 Å². The fraction of sp³-hybridized carbons (Fsp3) is 0.769. The summed E-state index contributed by atoms with van der Waals surface area (Å²) in [5.74, 6) is 0.426. The molecular formula is C13H25N3O. The first-order chi connectivity index (χ1) is 7.91.